The van der Waals surface area contributed by atoms with Crippen LogP contribution < -0.4 is 4.74 Å². The molecule has 0 amide bonds. The Morgan fingerprint density at radius 3 is 2.92 bits per heavy atom. The molecule has 0 aliphatic heterocycles. The lowest BCUT2D eigenvalue weighted by Gasteiger charge is -1.99. The third-order valence-electron chi connectivity index (χ3n) is 1.23. The van der Waals surface area contributed by atoms with Crippen LogP contribution in [0.3, 0.4) is 0 Å². The fraction of sp³-hybridized carbons (Fsp3) is 0.167. The van der Waals surface area contributed by atoms with Crippen molar-refractivity contribution >= 4 is 17.3 Å². The molecule has 0 atom stereocenters. The van der Waals surface area contributed by atoms with Gasteiger partial charge in [0.05, 0.1) is 12.0 Å². The molecule has 0 fully saturated rings. The number of ether oxygens (including phenoxy) is 1. The van der Waals surface area contributed by atoms with Crippen LogP contribution >= 0.6 is 11.6 Å². The van der Waals surface area contributed by atoms with E-state index in [0.717, 1.165) is 0 Å². The van der Waals surface area contributed by atoms with Gasteiger partial charge in [-0.3, -0.25) is 10.1 Å². The number of nitrogens with zero attached hydrogens (tertiary/aromatic N) is 2. The monoisotopic (exact) mass is 188 g/mol. The summed E-state index contributed by atoms with van der Waals surface area (Å²) in [6, 6.07) is 1.21. The van der Waals surface area contributed by atoms with Gasteiger partial charge in [0.15, 0.2) is 5.02 Å². The van der Waals surface area contributed by atoms with Gasteiger partial charge in [0.2, 0.25) is 5.88 Å². The summed E-state index contributed by atoms with van der Waals surface area (Å²) in [7, 11) is 1.35. The molecule has 0 N–H and O–H groups in total. The summed E-state index contributed by atoms with van der Waals surface area (Å²) in [4.78, 5) is 13.4. The smallest absolute Gasteiger partial charge is 0.294 e. The molecule has 0 aliphatic rings. The molecule has 6 heteroatoms. The topological polar surface area (TPSA) is 65.3 Å². The maximum atomic E-state index is 10.3. The van der Waals surface area contributed by atoms with Gasteiger partial charge in [0, 0.05) is 12.3 Å². The van der Waals surface area contributed by atoms with E-state index in [9.17, 15) is 10.1 Å². The van der Waals surface area contributed by atoms with E-state index in [1.807, 2.05) is 0 Å². The summed E-state index contributed by atoms with van der Waals surface area (Å²) in [5.74, 6) is 0.0610. The molecule has 0 unspecified atom stereocenters. The van der Waals surface area contributed by atoms with Crippen LogP contribution in [0.1, 0.15) is 0 Å². The first-order valence-corrected chi connectivity index (χ1v) is 3.37. The van der Waals surface area contributed by atoms with Crippen LogP contribution in [0.25, 0.3) is 0 Å². The maximum Gasteiger partial charge on any atom is 0.294 e. The normalized spacial score (nSPS) is 9.50. The lowest BCUT2D eigenvalue weighted by atomic mass is 10.4. The third-order valence-corrected chi connectivity index (χ3v) is 1.58. The van der Waals surface area contributed by atoms with E-state index in [4.69, 9.17) is 11.6 Å². The molecule has 0 saturated heterocycles. The summed E-state index contributed by atoms with van der Waals surface area (Å²) in [5.41, 5.74) is -0.205. The van der Waals surface area contributed by atoms with E-state index in [-0.39, 0.29) is 16.6 Å². The highest BCUT2D eigenvalue weighted by Crippen LogP contribution is 2.30. The Kier molecular flexibility index (Phi) is 2.44. The van der Waals surface area contributed by atoms with Crippen LogP contribution in [0, 0.1) is 10.1 Å². The molecule has 1 rings (SSSR count). The van der Waals surface area contributed by atoms with Gasteiger partial charge in [-0.15, -0.1) is 0 Å². The first kappa shape index (κ1) is 8.73. The maximum absolute atomic E-state index is 10.3. The van der Waals surface area contributed by atoms with Crippen LogP contribution in [0.2, 0.25) is 5.02 Å². The van der Waals surface area contributed by atoms with Gasteiger partial charge in [-0.2, -0.15) is 0 Å². The zero-order valence-electron chi connectivity index (χ0n) is 6.15. The van der Waals surface area contributed by atoms with E-state index >= 15 is 0 Å². The Morgan fingerprint density at radius 2 is 2.42 bits per heavy atom. The number of methoxy groups -OCH3 is 1. The van der Waals surface area contributed by atoms with Crippen molar-refractivity contribution in [2.45, 2.75) is 0 Å². The largest absolute Gasteiger partial charge is 0.480 e. The molecule has 0 aromatic carbocycles. The van der Waals surface area contributed by atoms with Crippen LogP contribution in [0.15, 0.2) is 12.3 Å². The Hall–Kier alpha value is -1.36. The number of hydrogen-bond donors (Lipinski definition) is 0. The number of pyridine rings is 1. The molecule has 1 aromatic heterocycles. The fourth-order valence-corrected chi connectivity index (χ4v) is 0.956. The second-order valence-corrected chi connectivity index (χ2v) is 2.29. The molecule has 12 heavy (non-hydrogen) atoms. The van der Waals surface area contributed by atoms with Crippen LogP contribution in [0.5, 0.6) is 5.88 Å². The molecule has 5 nitrogen and oxygen atoms in total. The van der Waals surface area contributed by atoms with E-state index in [2.05, 4.69) is 9.72 Å². The zero-order chi connectivity index (χ0) is 9.14. The first-order valence-electron chi connectivity index (χ1n) is 2.99. The number of nitro groups is 1. The summed E-state index contributed by atoms with van der Waals surface area (Å²) >= 11 is 5.57. The highest BCUT2D eigenvalue weighted by molar-refractivity contribution is 6.33. The number of aromatic nitrogens is 1. The number of rotatable bonds is 2. The van der Waals surface area contributed by atoms with Gasteiger partial charge in [-0.05, 0) is 0 Å². The summed E-state index contributed by atoms with van der Waals surface area (Å²) < 4.78 is 4.69. The van der Waals surface area contributed by atoms with Crippen LogP contribution in [0.4, 0.5) is 5.69 Å². The minimum Gasteiger partial charge on any atom is -0.480 e. The van der Waals surface area contributed by atoms with E-state index in [0.29, 0.717) is 0 Å². The minimum atomic E-state index is -0.591. The van der Waals surface area contributed by atoms with Crippen molar-refractivity contribution in [2.24, 2.45) is 0 Å². The Labute approximate surface area is 73.1 Å². The van der Waals surface area contributed by atoms with Crippen molar-refractivity contribution in [1.82, 2.24) is 4.98 Å². The van der Waals surface area contributed by atoms with Gasteiger partial charge in [0.1, 0.15) is 0 Å². The SMILES string of the molecule is COc1nccc([N+](=O)[O-])c1Cl. The third kappa shape index (κ3) is 1.45. The summed E-state index contributed by atoms with van der Waals surface area (Å²) in [5, 5.41) is 10.2. The lowest BCUT2D eigenvalue weighted by molar-refractivity contribution is -0.384. The van der Waals surface area contributed by atoms with Gasteiger partial charge >= 0.3 is 0 Å². The minimum absolute atomic E-state index is 0.0610. The molecule has 0 aliphatic carbocycles. The Bertz CT molecular complexity index is 316. The number of halogens is 1. The molecule has 0 bridgehead atoms. The van der Waals surface area contributed by atoms with Crippen molar-refractivity contribution in [2.75, 3.05) is 7.11 Å². The molecule has 1 heterocycles. The Balaban J connectivity index is 3.23. The Morgan fingerprint density at radius 1 is 1.75 bits per heavy atom. The second-order valence-electron chi connectivity index (χ2n) is 1.91. The zero-order valence-corrected chi connectivity index (χ0v) is 6.91. The average molecular weight is 189 g/mol. The molecule has 1 aromatic rings. The van der Waals surface area contributed by atoms with E-state index in [1.54, 1.807) is 0 Å². The molecular weight excluding hydrogens is 184 g/mol. The lowest BCUT2D eigenvalue weighted by Crippen LogP contribution is -1.93. The molecule has 64 valence electrons. The van der Waals surface area contributed by atoms with Crippen LogP contribution in [-0.2, 0) is 0 Å². The highest BCUT2D eigenvalue weighted by Gasteiger charge is 2.16. The van der Waals surface area contributed by atoms with E-state index in [1.165, 1.54) is 19.4 Å². The van der Waals surface area contributed by atoms with Crippen molar-refractivity contribution in [3.63, 3.8) is 0 Å². The standard InChI is InChI=1S/C6H5ClN2O3/c1-12-6-5(7)4(9(10)11)2-3-8-6/h2-3H,1H3. The summed E-state index contributed by atoms with van der Waals surface area (Å²) in [6.45, 7) is 0. The average Bonchev–Trinajstić information content (AvgIpc) is 2.04. The number of hydrogen-bond acceptors (Lipinski definition) is 4. The van der Waals surface area contributed by atoms with Gasteiger partial charge in [0.25, 0.3) is 5.69 Å². The van der Waals surface area contributed by atoms with Crippen molar-refractivity contribution < 1.29 is 9.66 Å². The van der Waals surface area contributed by atoms with Gasteiger partial charge < -0.3 is 4.74 Å². The fourth-order valence-electron chi connectivity index (χ4n) is 0.698. The quantitative estimate of drug-likeness (QED) is 0.523. The van der Waals surface area contributed by atoms with Gasteiger partial charge in [-0.25, -0.2) is 4.98 Å². The molecule has 0 radical (unpaired) electrons. The highest BCUT2D eigenvalue weighted by atomic mass is 35.5. The molecular formula is C6H5ClN2O3. The predicted molar refractivity (Wildman–Crippen MR) is 42.5 cm³/mol. The van der Waals surface area contributed by atoms with E-state index < -0.39 is 4.92 Å². The first-order chi connectivity index (χ1) is 5.66. The van der Waals surface area contributed by atoms with Crippen molar-refractivity contribution in [3.05, 3.63) is 27.4 Å². The van der Waals surface area contributed by atoms with Crippen molar-refractivity contribution in [1.29, 1.82) is 0 Å². The summed E-state index contributed by atoms with van der Waals surface area (Å²) in [6.07, 6.45) is 1.27. The van der Waals surface area contributed by atoms with Crippen molar-refractivity contribution in [3.8, 4) is 5.88 Å². The van der Waals surface area contributed by atoms with Gasteiger partial charge in [-0.1, -0.05) is 11.6 Å². The van der Waals surface area contributed by atoms with Crippen LogP contribution in [-0.4, -0.2) is 17.0 Å². The molecule has 0 saturated carbocycles. The predicted octanol–water partition coefficient (Wildman–Crippen LogP) is 1.65. The second kappa shape index (κ2) is 3.36. The molecule has 0 spiro atoms.